The molecule has 0 aromatic carbocycles. The number of rotatable bonds is 5. The topological polar surface area (TPSA) is 46.3 Å². The molecule has 0 aromatic heterocycles. The van der Waals surface area contributed by atoms with Crippen molar-refractivity contribution in [3.63, 3.8) is 0 Å². The first-order valence-corrected chi connectivity index (χ1v) is 7.18. The average Bonchev–Trinajstić information content (AvgIpc) is 3.15. The predicted molar refractivity (Wildman–Crippen MR) is 69.6 cm³/mol. The lowest BCUT2D eigenvalue weighted by atomic mass is 9.74. The number of hydrogen-bond acceptors (Lipinski definition) is 2. The minimum atomic E-state index is -0.0740. The number of carbonyl (C=O) groups is 1. The smallest absolute Gasteiger partial charge is 0.228 e. The summed E-state index contributed by atoms with van der Waals surface area (Å²) in [6.07, 6.45) is 9.25. The van der Waals surface area contributed by atoms with Crippen molar-refractivity contribution >= 4 is 5.91 Å². The molecule has 2 N–H and O–H groups in total. The molecule has 0 aromatic rings. The Kier molecular flexibility index (Phi) is 4.08. The Labute approximate surface area is 105 Å². The number of carbonyl (C=O) groups excluding carboxylic acids is 1. The lowest BCUT2D eigenvalue weighted by molar-refractivity contribution is -0.143. The SMILES string of the molecule is CC1(C(=O)N(CCCN)C2CC2)CCCCC1. The summed E-state index contributed by atoms with van der Waals surface area (Å²) in [5.74, 6) is 0.410. The van der Waals surface area contributed by atoms with E-state index in [1.807, 2.05) is 0 Å². The Hall–Kier alpha value is -0.570. The van der Waals surface area contributed by atoms with Crippen LogP contribution in [0.15, 0.2) is 0 Å². The van der Waals surface area contributed by atoms with Crippen molar-refractivity contribution < 1.29 is 4.79 Å². The van der Waals surface area contributed by atoms with Crippen LogP contribution in [0.1, 0.15) is 58.3 Å². The van der Waals surface area contributed by atoms with Crippen LogP contribution in [-0.2, 0) is 4.79 Å². The summed E-state index contributed by atoms with van der Waals surface area (Å²) >= 11 is 0. The monoisotopic (exact) mass is 238 g/mol. The van der Waals surface area contributed by atoms with Gasteiger partial charge in [0.05, 0.1) is 0 Å². The van der Waals surface area contributed by atoms with Gasteiger partial charge in [0, 0.05) is 18.0 Å². The first-order chi connectivity index (χ1) is 8.17. The molecule has 0 spiro atoms. The van der Waals surface area contributed by atoms with Gasteiger partial charge in [0.25, 0.3) is 0 Å². The lowest BCUT2D eigenvalue weighted by Crippen LogP contribution is -2.45. The fourth-order valence-electron chi connectivity index (χ4n) is 2.99. The van der Waals surface area contributed by atoms with Crippen molar-refractivity contribution in [1.82, 2.24) is 4.90 Å². The van der Waals surface area contributed by atoms with E-state index in [4.69, 9.17) is 5.73 Å². The first kappa shape index (κ1) is 12.9. The highest BCUT2D eigenvalue weighted by molar-refractivity contribution is 5.83. The number of amides is 1. The maximum atomic E-state index is 12.7. The van der Waals surface area contributed by atoms with Gasteiger partial charge in [-0.05, 0) is 38.6 Å². The molecule has 2 rings (SSSR count). The zero-order valence-electron chi connectivity index (χ0n) is 11.1. The Morgan fingerprint density at radius 3 is 2.47 bits per heavy atom. The second-order valence-corrected chi connectivity index (χ2v) is 5.99. The van der Waals surface area contributed by atoms with Crippen molar-refractivity contribution in [2.45, 2.75) is 64.3 Å². The van der Waals surface area contributed by atoms with E-state index in [0.717, 1.165) is 25.8 Å². The van der Waals surface area contributed by atoms with Crippen LogP contribution < -0.4 is 5.73 Å². The Bertz CT molecular complexity index is 267. The molecule has 0 heterocycles. The van der Waals surface area contributed by atoms with Crippen molar-refractivity contribution in [3.05, 3.63) is 0 Å². The molecule has 3 heteroatoms. The van der Waals surface area contributed by atoms with E-state index in [2.05, 4.69) is 11.8 Å². The van der Waals surface area contributed by atoms with E-state index >= 15 is 0 Å². The molecule has 0 radical (unpaired) electrons. The Balaban J connectivity index is 1.98. The number of hydrogen-bond donors (Lipinski definition) is 1. The van der Waals surface area contributed by atoms with Crippen molar-refractivity contribution in [1.29, 1.82) is 0 Å². The van der Waals surface area contributed by atoms with Crippen molar-refractivity contribution in [3.8, 4) is 0 Å². The third-order valence-electron chi connectivity index (χ3n) is 4.33. The van der Waals surface area contributed by atoms with Gasteiger partial charge in [0.15, 0.2) is 0 Å². The highest BCUT2D eigenvalue weighted by Crippen LogP contribution is 2.40. The molecule has 0 aliphatic heterocycles. The molecule has 2 fully saturated rings. The predicted octanol–water partition coefficient (Wildman–Crippen LogP) is 2.30. The minimum absolute atomic E-state index is 0.0740. The van der Waals surface area contributed by atoms with E-state index in [1.165, 1.54) is 32.1 Å². The van der Waals surface area contributed by atoms with Gasteiger partial charge in [-0.15, -0.1) is 0 Å². The normalized spacial score (nSPS) is 23.4. The van der Waals surface area contributed by atoms with Crippen LogP contribution in [0.4, 0.5) is 0 Å². The maximum Gasteiger partial charge on any atom is 0.228 e. The molecule has 2 aliphatic carbocycles. The van der Waals surface area contributed by atoms with E-state index in [0.29, 0.717) is 18.5 Å². The number of nitrogens with zero attached hydrogens (tertiary/aromatic N) is 1. The maximum absolute atomic E-state index is 12.7. The largest absolute Gasteiger partial charge is 0.339 e. The third kappa shape index (κ3) is 3.01. The summed E-state index contributed by atoms with van der Waals surface area (Å²) < 4.78 is 0. The van der Waals surface area contributed by atoms with E-state index in [1.54, 1.807) is 0 Å². The molecule has 0 saturated heterocycles. The van der Waals surface area contributed by atoms with Crippen LogP contribution >= 0.6 is 0 Å². The van der Waals surface area contributed by atoms with Gasteiger partial charge in [-0.25, -0.2) is 0 Å². The molecule has 3 nitrogen and oxygen atoms in total. The van der Waals surface area contributed by atoms with Crippen molar-refractivity contribution in [2.75, 3.05) is 13.1 Å². The van der Waals surface area contributed by atoms with Crippen LogP contribution in [0.2, 0.25) is 0 Å². The lowest BCUT2D eigenvalue weighted by Gasteiger charge is -2.37. The Morgan fingerprint density at radius 2 is 1.94 bits per heavy atom. The summed E-state index contributed by atoms with van der Waals surface area (Å²) in [6, 6.07) is 0.535. The van der Waals surface area contributed by atoms with Crippen LogP contribution in [0.25, 0.3) is 0 Å². The van der Waals surface area contributed by atoms with Gasteiger partial charge in [0.2, 0.25) is 5.91 Å². The van der Waals surface area contributed by atoms with Gasteiger partial charge in [-0.2, -0.15) is 0 Å². The van der Waals surface area contributed by atoms with Crippen LogP contribution in [0.3, 0.4) is 0 Å². The van der Waals surface area contributed by atoms with Gasteiger partial charge in [-0.3, -0.25) is 4.79 Å². The molecule has 2 saturated carbocycles. The van der Waals surface area contributed by atoms with Gasteiger partial charge in [0.1, 0.15) is 0 Å². The second-order valence-electron chi connectivity index (χ2n) is 5.99. The molecule has 0 bridgehead atoms. The summed E-state index contributed by atoms with van der Waals surface area (Å²) in [6.45, 7) is 3.73. The van der Waals surface area contributed by atoms with Crippen LogP contribution in [0, 0.1) is 5.41 Å². The molecular formula is C14H26N2O. The molecule has 17 heavy (non-hydrogen) atoms. The van der Waals surface area contributed by atoms with E-state index in [9.17, 15) is 4.79 Å². The van der Waals surface area contributed by atoms with Crippen LogP contribution in [-0.4, -0.2) is 29.9 Å². The van der Waals surface area contributed by atoms with Gasteiger partial charge in [-0.1, -0.05) is 26.2 Å². The zero-order valence-corrected chi connectivity index (χ0v) is 11.1. The number of nitrogens with two attached hydrogens (primary N) is 1. The summed E-state index contributed by atoms with van der Waals surface area (Å²) in [4.78, 5) is 14.8. The highest BCUT2D eigenvalue weighted by Gasteiger charge is 2.42. The fourth-order valence-corrected chi connectivity index (χ4v) is 2.99. The standard InChI is InChI=1S/C14H26N2O/c1-14(8-3-2-4-9-14)13(17)16(11-5-10-15)12-6-7-12/h12H,2-11,15H2,1H3. The van der Waals surface area contributed by atoms with Crippen molar-refractivity contribution in [2.24, 2.45) is 11.1 Å². The zero-order chi connectivity index (χ0) is 12.3. The van der Waals surface area contributed by atoms with E-state index in [-0.39, 0.29) is 5.41 Å². The summed E-state index contributed by atoms with van der Waals surface area (Å²) in [7, 11) is 0. The molecular weight excluding hydrogens is 212 g/mol. The summed E-state index contributed by atoms with van der Waals surface area (Å²) in [5, 5.41) is 0. The molecule has 1 amide bonds. The minimum Gasteiger partial charge on any atom is -0.339 e. The quantitative estimate of drug-likeness (QED) is 0.799. The van der Waals surface area contributed by atoms with Gasteiger partial charge < -0.3 is 10.6 Å². The molecule has 0 unspecified atom stereocenters. The molecule has 98 valence electrons. The molecule has 0 atom stereocenters. The average molecular weight is 238 g/mol. The summed E-state index contributed by atoms with van der Waals surface area (Å²) in [5.41, 5.74) is 5.50. The first-order valence-electron chi connectivity index (χ1n) is 7.18. The third-order valence-corrected chi connectivity index (χ3v) is 4.33. The Morgan fingerprint density at radius 1 is 1.29 bits per heavy atom. The van der Waals surface area contributed by atoms with E-state index < -0.39 is 0 Å². The van der Waals surface area contributed by atoms with Crippen LogP contribution in [0.5, 0.6) is 0 Å². The second kappa shape index (κ2) is 5.38. The van der Waals surface area contributed by atoms with Gasteiger partial charge >= 0.3 is 0 Å². The molecule has 2 aliphatic rings. The fraction of sp³-hybridized carbons (Fsp3) is 0.929. The highest BCUT2D eigenvalue weighted by atomic mass is 16.2.